The summed E-state index contributed by atoms with van der Waals surface area (Å²) < 4.78 is 7.16. The number of aromatic nitrogens is 4. The Bertz CT molecular complexity index is 691. The molecule has 7 heteroatoms. The van der Waals surface area contributed by atoms with Crippen LogP contribution in [0.1, 0.15) is 62.3 Å². The lowest BCUT2D eigenvalue weighted by Crippen LogP contribution is -2.40. The lowest BCUT2D eigenvalue weighted by molar-refractivity contribution is -0.132. The molecule has 0 aliphatic carbocycles. The second-order valence-corrected chi connectivity index (χ2v) is 6.80. The van der Waals surface area contributed by atoms with E-state index in [2.05, 4.69) is 33.8 Å². The number of carbonyl (C=O) groups is 1. The molecular formula is C17H25N5O2. The number of amides is 1. The number of hydrogen-bond donors (Lipinski definition) is 0. The van der Waals surface area contributed by atoms with Gasteiger partial charge in [0, 0.05) is 44.0 Å². The summed E-state index contributed by atoms with van der Waals surface area (Å²) in [6, 6.07) is 2.22. The summed E-state index contributed by atoms with van der Waals surface area (Å²) in [6.07, 6.45) is 4.94. The van der Waals surface area contributed by atoms with Gasteiger partial charge < -0.3 is 14.0 Å². The summed E-state index contributed by atoms with van der Waals surface area (Å²) >= 11 is 0. The molecule has 1 aliphatic heterocycles. The molecule has 0 radical (unpaired) electrons. The van der Waals surface area contributed by atoms with Crippen LogP contribution in [0.5, 0.6) is 0 Å². The minimum atomic E-state index is 0.177. The van der Waals surface area contributed by atoms with Gasteiger partial charge in [-0.1, -0.05) is 5.16 Å². The van der Waals surface area contributed by atoms with Gasteiger partial charge in [0.25, 0.3) is 0 Å². The quantitative estimate of drug-likeness (QED) is 0.841. The van der Waals surface area contributed by atoms with Crippen LogP contribution in [-0.2, 0) is 11.2 Å². The first kappa shape index (κ1) is 16.7. The zero-order valence-electron chi connectivity index (χ0n) is 14.6. The van der Waals surface area contributed by atoms with E-state index in [1.54, 1.807) is 6.33 Å². The fourth-order valence-corrected chi connectivity index (χ4v) is 3.29. The summed E-state index contributed by atoms with van der Waals surface area (Å²) in [6.45, 7) is 7.65. The Hall–Kier alpha value is -2.18. The Morgan fingerprint density at radius 3 is 3.00 bits per heavy atom. The fourth-order valence-electron chi connectivity index (χ4n) is 3.29. The molecule has 0 aromatic carbocycles. The van der Waals surface area contributed by atoms with Crippen molar-refractivity contribution in [3.63, 3.8) is 0 Å². The Labute approximate surface area is 142 Å². The molecule has 0 spiro atoms. The highest BCUT2D eigenvalue weighted by atomic mass is 16.5. The highest BCUT2D eigenvalue weighted by molar-refractivity contribution is 5.76. The van der Waals surface area contributed by atoms with E-state index < -0.39 is 0 Å². The third kappa shape index (κ3) is 3.66. The van der Waals surface area contributed by atoms with Gasteiger partial charge in [-0.15, -0.1) is 10.2 Å². The number of nitrogens with zero attached hydrogens (tertiary/aromatic N) is 5. The van der Waals surface area contributed by atoms with Crippen molar-refractivity contribution in [1.29, 1.82) is 0 Å². The van der Waals surface area contributed by atoms with E-state index >= 15 is 0 Å². The predicted octanol–water partition coefficient (Wildman–Crippen LogP) is 2.49. The number of carbonyl (C=O) groups excluding carboxylic acids is 1. The van der Waals surface area contributed by atoms with E-state index in [-0.39, 0.29) is 11.8 Å². The zero-order chi connectivity index (χ0) is 17.1. The van der Waals surface area contributed by atoms with E-state index in [1.807, 2.05) is 17.9 Å². The van der Waals surface area contributed by atoms with Crippen molar-refractivity contribution < 1.29 is 9.32 Å². The van der Waals surface area contributed by atoms with Gasteiger partial charge in [-0.25, -0.2) is 0 Å². The lowest BCUT2D eigenvalue weighted by atomic mass is 9.96. The number of aryl methyl sites for hydroxylation is 2. The number of rotatable bonds is 5. The first-order valence-electron chi connectivity index (χ1n) is 8.64. The summed E-state index contributed by atoms with van der Waals surface area (Å²) in [5.74, 6) is 2.22. The van der Waals surface area contributed by atoms with Crippen LogP contribution in [0.3, 0.4) is 0 Å². The van der Waals surface area contributed by atoms with Crippen LogP contribution in [0.2, 0.25) is 0 Å². The second kappa shape index (κ2) is 7.15. The van der Waals surface area contributed by atoms with E-state index in [0.717, 1.165) is 43.2 Å². The van der Waals surface area contributed by atoms with E-state index in [1.165, 1.54) is 0 Å². The van der Waals surface area contributed by atoms with Crippen molar-refractivity contribution in [2.24, 2.45) is 0 Å². The smallest absolute Gasteiger partial charge is 0.222 e. The Kier molecular flexibility index (Phi) is 4.97. The Morgan fingerprint density at radius 1 is 1.46 bits per heavy atom. The normalized spacial score (nSPS) is 18.3. The molecule has 3 rings (SSSR count). The van der Waals surface area contributed by atoms with Crippen molar-refractivity contribution in [3.05, 3.63) is 29.7 Å². The van der Waals surface area contributed by atoms with Crippen molar-refractivity contribution >= 4 is 5.91 Å². The van der Waals surface area contributed by atoms with Gasteiger partial charge in [-0.2, -0.15) is 0 Å². The maximum Gasteiger partial charge on any atom is 0.222 e. The molecule has 0 saturated carbocycles. The van der Waals surface area contributed by atoms with Crippen molar-refractivity contribution in [3.8, 4) is 0 Å². The van der Waals surface area contributed by atoms with Crippen LogP contribution in [0.4, 0.5) is 0 Å². The first-order chi connectivity index (χ1) is 11.5. The van der Waals surface area contributed by atoms with E-state index in [9.17, 15) is 4.79 Å². The maximum atomic E-state index is 12.5. The van der Waals surface area contributed by atoms with Gasteiger partial charge in [0.15, 0.2) is 0 Å². The molecule has 1 amide bonds. The van der Waals surface area contributed by atoms with Crippen molar-refractivity contribution in [1.82, 2.24) is 24.8 Å². The van der Waals surface area contributed by atoms with Crippen LogP contribution in [0.15, 0.2) is 16.9 Å². The highest BCUT2D eigenvalue weighted by Crippen LogP contribution is 2.27. The molecular weight excluding hydrogens is 306 g/mol. The second-order valence-electron chi connectivity index (χ2n) is 6.80. The lowest BCUT2D eigenvalue weighted by Gasteiger charge is -2.32. The third-order valence-electron chi connectivity index (χ3n) is 4.57. The average Bonchev–Trinajstić information content (AvgIpc) is 3.21. The number of piperidine rings is 1. The maximum absolute atomic E-state index is 12.5. The highest BCUT2D eigenvalue weighted by Gasteiger charge is 2.28. The molecule has 1 unspecified atom stereocenters. The number of hydrogen-bond acceptors (Lipinski definition) is 5. The van der Waals surface area contributed by atoms with Gasteiger partial charge in [0.1, 0.15) is 17.9 Å². The Morgan fingerprint density at radius 2 is 2.29 bits per heavy atom. The molecule has 3 heterocycles. The molecule has 24 heavy (non-hydrogen) atoms. The van der Waals surface area contributed by atoms with E-state index in [0.29, 0.717) is 18.9 Å². The zero-order valence-corrected chi connectivity index (χ0v) is 14.6. The first-order valence-corrected chi connectivity index (χ1v) is 8.64. The molecule has 130 valence electrons. The van der Waals surface area contributed by atoms with Crippen LogP contribution in [0.25, 0.3) is 0 Å². The van der Waals surface area contributed by atoms with Crippen LogP contribution in [0, 0.1) is 6.92 Å². The summed E-state index contributed by atoms with van der Waals surface area (Å²) in [4.78, 5) is 14.5. The van der Waals surface area contributed by atoms with Crippen LogP contribution < -0.4 is 0 Å². The number of likely N-dealkylation sites (tertiary alicyclic amines) is 1. The van der Waals surface area contributed by atoms with Crippen molar-refractivity contribution in [2.75, 3.05) is 13.1 Å². The van der Waals surface area contributed by atoms with E-state index in [4.69, 9.17) is 4.52 Å². The largest absolute Gasteiger partial charge is 0.361 e. The summed E-state index contributed by atoms with van der Waals surface area (Å²) in [5, 5.41) is 12.3. The minimum Gasteiger partial charge on any atom is -0.361 e. The van der Waals surface area contributed by atoms with Crippen molar-refractivity contribution in [2.45, 2.75) is 58.4 Å². The predicted molar refractivity (Wildman–Crippen MR) is 88.5 cm³/mol. The molecule has 1 saturated heterocycles. The van der Waals surface area contributed by atoms with Crippen LogP contribution in [-0.4, -0.2) is 43.8 Å². The average molecular weight is 331 g/mol. The molecule has 0 bridgehead atoms. The molecule has 7 nitrogen and oxygen atoms in total. The molecule has 2 aromatic rings. The molecule has 0 N–H and O–H groups in total. The molecule has 1 fully saturated rings. The SMILES string of the molecule is Cc1cc(CCC(=O)N2CCCC(c3nncn3C(C)C)C2)no1. The van der Waals surface area contributed by atoms with Gasteiger partial charge in [0.2, 0.25) is 5.91 Å². The van der Waals surface area contributed by atoms with Gasteiger partial charge >= 0.3 is 0 Å². The van der Waals surface area contributed by atoms with Gasteiger partial charge in [-0.05, 0) is 33.6 Å². The molecule has 1 atom stereocenters. The van der Waals surface area contributed by atoms with Gasteiger partial charge in [0.05, 0.1) is 5.69 Å². The standard InChI is InChI=1S/C17H25N5O2/c1-12(2)22-11-18-19-17(22)14-5-4-8-21(10-14)16(23)7-6-15-9-13(3)24-20-15/h9,11-12,14H,4-8,10H2,1-3H3. The summed E-state index contributed by atoms with van der Waals surface area (Å²) in [7, 11) is 0. The Balaban J connectivity index is 1.60. The third-order valence-corrected chi connectivity index (χ3v) is 4.57. The topological polar surface area (TPSA) is 77.1 Å². The fraction of sp³-hybridized carbons (Fsp3) is 0.647. The summed E-state index contributed by atoms with van der Waals surface area (Å²) in [5.41, 5.74) is 0.842. The minimum absolute atomic E-state index is 0.177. The van der Waals surface area contributed by atoms with Crippen LogP contribution >= 0.6 is 0 Å². The molecule has 1 aliphatic rings. The van der Waals surface area contributed by atoms with Gasteiger partial charge in [-0.3, -0.25) is 4.79 Å². The molecule has 2 aromatic heterocycles. The monoisotopic (exact) mass is 331 g/mol.